The summed E-state index contributed by atoms with van der Waals surface area (Å²) in [5.74, 6) is 0.612. The smallest absolute Gasteiger partial charge is 0.256 e. The van der Waals surface area contributed by atoms with Crippen LogP contribution in [0, 0.1) is 0 Å². The Kier molecular flexibility index (Phi) is 6.25. The summed E-state index contributed by atoms with van der Waals surface area (Å²) in [6.07, 6.45) is 1.29. The van der Waals surface area contributed by atoms with Crippen molar-refractivity contribution in [2.45, 2.75) is 39.0 Å². The number of carbonyl (C=O) groups is 1. The Bertz CT molecular complexity index is 1080. The molecule has 3 aromatic rings. The lowest BCUT2D eigenvalue weighted by Gasteiger charge is -2.23. The summed E-state index contributed by atoms with van der Waals surface area (Å²) in [6.45, 7) is 1.49. The number of benzene rings is 1. The average Bonchev–Trinajstić information content (AvgIpc) is 3.26. The predicted octanol–water partition coefficient (Wildman–Crippen LogP) is 2.77. The minimum Gasteiger partial charge on any atom is -0.508 e. The molecule has 1 aliphatic heterocycles. The van der Waals surface area contributed by atoms with Crippen LogP contribution >= 0.6 is 11.3 Å². The Morgan fingerprint density at radius 3 is 2.90 bits per heavy atom. The van der Waals surface area contributed by atoms with Crippen molar-refractivity contribution in [3.63, 3.8) is 0 Å². The number of thiophene rings is 1. The first-order chi connectivity index (χ1) is 14.6. The molecule has 8 heteroatoms. The van der Waals surface area contributed by atoms with Gasteiger partial charge in [0.15, 0.2) is 0 Å². The number of amides is 1. The standard InChI is InChI=1S/C22H23N3O4S/c26-19-6-2-1-4-15(19)7-8-21(27)25(12-16-5-3-11-30-16)13-20-23-18-9-10-29-14-17(18)22(28)24-20/h1-6,11,26H,7-10,12-14H2,(H,23,24,28). The number of fused-ring (bicyclic) bond motifs is 1. The molecule has 156 valence electrons. The predicted molar refractivity (Wildman–Crippen MR) is 113 cm³/mol. The number of aromatic hydroxyl groups is 1. The number of aromatic amines is 1. The molecule has 1 amide bonds. The fourth-order valence-electron chi connectivity index (χ4n) is 3.50. The minimum atomic E-state index is -0.201. The van der Waals surface area contributed by atoms with E-state index in [2.05, 4.69) is 9.97 Å². The fourth-order valence-corrected chi connectivity index (χ4v) is 4.21. The highest BCUT2D eigenvalue weighted by Crippen LogP contribution is 2.20. The van der Waals surface area contributed by atoms with Crippen molar-refractivity contribution in [2.75, 3.05) is 6.61 Å². The van der Waals surface area contributed by atoms with Gasteiger partial charge in [0, 0.05) is 17.7 Å². The normalized spacial score (nSPS) is 13.1. The molecule has 7 nitrogen and oxygen atoms in total. The van der Waals surface area contributed by atoms with Gasteiger partial charge in [-0.2, -0.15) is 0 Å². The number of para-hydroxylation sites is 1. The average molecular weight is 426 g/mol. The molecule has 0 radical (unpaired) electrons. The number of ether oxygens (including phenoxy) is 1. The van der Waals surface area contributed by atoms with Crippen molar-refractivity contribution in [1.29, 1.82) is 0 Å². The van der Waals surface area contributed by atoms with E-state index in [4.69, 9.17) is 4.74 Å². The lowest BCUT2D eigenvalue weighted by molar-refractivity contribution is -0.132. The van der Waals surface area contributed by atoms with E-state index in [-0.39, 0.29) is 36.8 Å². The van der Waals surface area contributed by atoms with E-state index in [1.165, 1.54) is 0 Å². The lowest BCUT2D eigenvalue weighted by Crippen LogP contribution is -2.33. The lowest BCUT2D eigenvalue weighted by atomic mass is 10.1. The van der Waals surface area contributed by atoms with E-state index in [9.17, 15) is 14.7 Å². The van der Waals surface area contributed by atoms with Crippen LogP contribution in [0.3, 0.4) is 0 Å². The first kappa shape index (κ1) is 20.3. The maximum Gasteiger partial charge on any atom is 0.256 e. The quantitative estimate of drug-likeness (QED) is 0.607. The van der Waals surface area contributed by atoms with Gasteiger partial charge in [-0.15, -0.1) is 11.3 Å². The van der Waals surface area contributed by atoms with Gasteiger partial charge in [-0.1, -0.05) is 24.3 Å². The van der Waals surface area contributed by atoms with E-state index >= 15 is 0 Å². The van der Waals surface area contributed by atoms with Gasteiger partial charge in [-0.25, -0.2) is 4.98 Å². The van der Waals surface area contributed by atoms with Crippen molar-refractivity contribution in [3.8, 4) is 5.75 Å². The van der Waals surface area contributed by atoms with Crippen molar-refractivity contribution in [2.24, 2.45) is 0 Å². The molecule has 0 fully saturated rings. The molecule has 2 N–H and O–H groups in total. The van der Waals surface area contributed by atoms with Gasteiger partial charge in [-0.05, 0) is 29.5 Å². The topological polar surface area (TPSA) is 95.5 Å². The summed E-state index contributed by atoms with van der Waals surface area (Å²) in [5.41, 5.74) is 1.85. The molecule has 1 aliphatic rings. The highest BCUT2D eigenvalue weighted by atomic mass is 32.1. The van der Waals surface area contributed by atoms with Crippen LogP contribution in [0.15, 0.2) is 46.6 Å². The van der Waals surface area contributed by atoms with E-state index in [1.54, 1.807) is 28.4 Å². The molecule has 1 aromatic carbocycles. The maximum absolute atomic E-state index is 13.0. The van der Waals surface area contributed by atoms with E-state index in [1.807, 2.05) is 29.6 Å². The first-order valence-electron chi connectivity index (χ1n) is 9.86. The van der Waals surface area contributed by atoms with Crippen molar-refractivity contribution >= 4 is 17.2 Å². The highest BCUT2D eigenvalue weighted by molar-refractivity contribution is 7.09. The molecule has 4 rings (SSSR count). The minimum absolute atomic E-state index is 0.0599. The van der Waals surface area contributed by atoms with Gasteiger partial charge in [0.1, 0.15) is 11.6 Å². The summed E-state index contributed by atoms with van der Waals surface area (Å²) in [6, 6.07) is 11.0. The Morgan fingerprint density at radius 2 is 2.10 bits per heavy atom. The second-order valence-corrected chi connectivity index (χ2v) is 8.23. The summed E-state index contributed by atoms with van der Waals surface area (Å²) < 4.78 is 5.35. The van der Waals surface area contributed by atoms with Crippen LogP contribution in [0.5, 0.6) is 5.75 Å². The number of hydrogen-bond acceptors (Lipinski definition) is 6. The van der Waals surface area contributed by atoms with Gasteiger partial charge in [0.2, 0.25) is 5.91 Å². The van der Waals surface area contributed by atoms with Gasteiger partial charge in [0.25, 0.3) is 5.56 Å². The number of phenolic OH excluding ortho intramolecular Hbond substituents is 1. The zero-order chi connectivity index (χ0) is 20.9. The number of aryl methyl sites for hydroxylation is 1. The Morgan fingerprint density at radius 1 is 1.23 bits per heavy atom. The monoisotopic (exact) mass is 425 g/mol. The molecule has 0 saturated carbocycles. The zero-order valence-corrected chi connectivity index (χ0v) is 17.3. The summed E-state index contributed by atoms with van der Waals surface area (Å²) in [4.78, 5) is 35.6. The van der Waals surface area contributed by atoms with Crippen LogP contribution in [0.25, 0.3) is 0 Å². The van der Waals surface area contributed by atoms with Crippen LogP contribution in [-0.2, 0) is 42.1 Å². The number of carbonyl (C=O) groups excluding carboxylic acids is 1. The number of rotatable bonds is 7. The number of aromatic nitrogens is 2. The second-order valence-electron chi connectivity index (χ2n) is 7.20. The van der Waals surface area contributed by atoms with Gasteiger partial charge >= 0.3 is 0 Å². The number of phenols is 1. The highest BCUT2D eigenvalue weighted by Gasteiger charge is 2.20. The van der Waals surface area contributed by atoms with Crippen molar-refractivity contribution < 1.29 is 14.6 Å². The third kappa shape index (κ3) is 4.77. The summed E-state index contributed by atoms with van der Waals surface area (Å²) in [5, 5.41) is 11.9. The Balaban J connectivity index is 1.52. The molecular formula is C22H23N3O4S. The molecule has 30 heavy (non-hydrogen) atoms. The van der Waals surface area contributed by atoms with Crippen LogP contribution in [0.1, 0.15) is 33.9 Å². The van der Waals surface area contributed by atoms with Gasteiger partial charge in [0.05, 0.1) is 37.6 Å². The zero-order valence-electron chi connectivity index (χ0n) is 16.5. The fraction of sp³-hybridized carbons (Fsp3) is 0.318. The molecule has 0 spiro atoms. The van der Waals surface area contributed by atoms with Crippen LogP contribution < -0.4 is 5.56 Å². The number of H-pyrrole nitrogens is 1. The number of hydrogen-bond donors (Lipinski definition) is 2. The van der Waals surface area contributed by atoms with E-state index in [0.29, 0.717) is 37.4 Å². The Labute approximate surface area is 178 Å². The molecule has 0 aliphatic carbocycles. The van der Waals surface area contributed by atoms with Crippen LogP contribution in [0.2, 0.25) is 0 Å². The third-order valence-corrected chi connectivity index (χ3v) is 5.96. The first-order valence-corrected chi connectivity index (χ1v) is 10.7. The van der Waals surface area contributed by atoms with Crippen molar-refractivity contribution in [3.05, 3.63) is 79.7 Å². The SMILES string of the molecule is O=C(CCc1ccccc1O)N(Cc1nc2c(c(=O)[nH]1)COCC2)Cc1cccs1. The van der Waals surface area contributed by atoms with Crippen LogP contribution in [0.4, 0.5) is 0 Å². The largest absolute Gasteiger partial charge is 0.508 e. The molecule has 0 bridgehead atoms. The number of nitrogens with one attached hydrogen (secondary N) is 1. The van der Waals surface area contributed by atoms with E-state index < -0.39 is 0 Å². The molecular weight excluding hydrogens is 402 g/mol. The molecule has 0 atom stereocenters. The van der Waals surface area contributed by atoms with Gasteiger partial charge < -0.3 is 19.7 Å². The van der Waals surface area contributed by atoms with E-state index in [0.717, 1.165) is 16.1 Å². The molecule has 0 saturated heterocycles. The summed E-state index contributed by atoms with van der Waals surface area (Å²) >= 11 is 1.58. The van der Waals surface area contributed by atoms with Crippen molar-refractivity contribution in [1.82, 2.24) is 14.9 Å². The Hall–Kier alpha value is -2.97. The van der Waals surface area contributed by atoms with Gasteiger partial charge in [-0.3, -0.25) is 9.59 Å². The molecule has 0 unspecified atom stereocenters. The molecule has 3 heterocycles. The second kappa shape index (κ2) is 9.23. The number of nitrogens with zero attached hydrogens (tertiary/aromatic N) is 2. The third-order valence-electron chi connectivity index (χ3n) is 5.10. The maximum atomic E-state index is 13.0. The molecule has 2 aromatic heterocycles. The summed E-state index contributed by atoms with van der Waals surface area (Å²) in [7, 11) is 0. The van der Waals surface area contributed by atoms with Crippen LogP contribution in [-0.4, -0.2) is 32.5 Å².